The normalized spacial score (nSPS) is 21.7. The van der Waals surface area contributed by atoms with Crippen molar-refractivity contribution in [1.29, 1.82) is 0 Å². The third-order valence-electron chi connectivity index (χ3n) is 3.98. The van der Waals surface area contributed by atoms with E-state index in [1.165, 1.54) is 12.8 Å². The molecule has 2 nitrogen and oxygen atoms in total. The molecule has 1 aromatic rings. The van der Waals surface area contributed by atoms with Gasteiger partial charge in [0, 0.05) is 0 Å². The Kier molecular flexibility index (Phi) is 4.41. The van der Waals surface area contributed by atoms with Crippen molar-refractivity contribution in [2.75, 3.05) is 6.61 Å². The molecule has 1 unspecified atom stereocenters. The van der Waals surface area contributed by atoms with E-state index >= 15 is 0 Å². The Balaban J connectivity index is 1.92. The van der Waals surface area contributed by atoms with Gasteiger partial charge in [-0.3, -0.25) is 0 Å². The molecule has 1 aliphatic rings. The highest BCUT2D eigenvalue weighted by atomic mass is 16.5. The van der Waals surface area contributed by atoms with Gasteiger partial charge in [0.1, 0.15) is 6.10 Å². The molecule has 0 amide bonds. The minimum atomic E-state index is -0.169. The van der Waals surface area contributed by atoms with Gasteiger partial charge in [-0.15, -0.1) is 0 Å². The second-order valence-corrected chi connectivity index (χ2v) is 6.08. The maximum absolute atomic E-state index is 9.49. The average molecular weight is 248 g/mol. The third kappa shape index (κ3) is 3.56. The van der Waals surface area contributed by atoms with Crippen LogP contribution in [0.25, 0.3) is 0 Å². The van der Waals surface area contributed by atoms with Gasteiger partial charge < -0.3 is 9.84 Å². The summed E-state index contributed by atoms with van der Waals surface area (Å²) in [7, 11) is 0. The Bertz CT molecular complexity index is 349. The molecule has 0 radical (unpaired) electrons. The number of ether oxygens (including phenoxy) is 1. The van der Waals surface area contributed by atoms with Crippen LogP contribution in [0, 0.1) is 5.41 Å². The van der Waals surface area contributed by atoms with E-state index in [2.05, 4.69) is 13.8 Å². The summed E-state index contributed by atoms with van der Waals surface area (Å²) in [6.45, 7) is 4.71. The molecular weight excluding hydrogens is 224 g/mol. The molecule has 0 saturated heterocycles. The van der Waals surface area contributed by atoms with E-state index in [9.17, 15) is 5.11 Å². The number of aliphatic hydroxyl groups excluding tert-OH is 1. The number of hydrogen-bond acceptors (Lipinski definition) is 2. The molecular formula is C16H24O2. The lowest BCUT2D eigenvalue weighted by molar-refractivity contribution is -0.0670. The van der Waals surface area contributed by atoms with Crippen LogP contribution in [0.2, 0.25) is 0 Å². The summed E-state index contributed by atoms with van der Waals surface area (Å²) >= 11 is 0. The molecule has 1 atom stereocenters. The van der Waals surface area contributed by atoms with E-state index in [-0.39, 0.29) is 12.7 Å². The largest absolute Gasteiger partial charge is 0.393 e. The van der Waals surface area contributed by atoms with Gasteiger partial charge in [0.2, 0.25) is 0 Å². The molecule has 100 valence electrons. The highest BCUT2D eigenvalue weighted by Gasteiger charge is 2.28. The van der Waals surface area contributed by atoms with Crippen molar-refractivity contribution >= 4 is 0 Å². The Morgan fingerprint density at radius 2 is 1.83 bits per heavy atom. The highest BCUT2D eigenvalue weighted by molar-refractivity contribution is 5.17. The van der Waals surface area contributed by atoms with Gasteiger partial charge in [-0.2, -0.15) is 0 Å². The van der Waals surface area contributed by atoms with Crippen LogP contribution in [0.5, 0.6) is 0 Å². The van der Waals surface area contributed by atoms with E-state index < -0.39 is 0 Å². The zero-order valence-electron chi connectivity index (χ0n) is 11.4. The topological polar surface area (TPSA) is 29.5 Å². The van der Waals surface area contributed by atoms with Crippen molar-refractivity contribution in [3.63, 3.8) is 0 Å². The first-order chi connectivity index (χ1) is 8.61. The third-order valence-corrected chi connectivity index (χ3v) is 3.98. The Morgan fingerprint density at radius 3 is 2.39 bits per heavy atom. The monoisotopic (exact) mass is 248 g/mol. The standard InChI is InChI=1S/C16H24O2/c1-16(2)10-8-14(9-11-16)18-15(12-17)13-6-4-3-5-7-13/h3-7,14-15,17H,8-12H2,1-2H3. The lowest BCUT2D eigenvalue weighted by atomic mass is 9.76. The number of hydrogen-bond donors (Lipinski definition) is 1. The number of rotatable bonds is 4. The van der Waals surface area contributed by atoms with Gasteiger partial charge in [-0.05, 0) is 36.7 Å². The maximum Gasteiger partial charge on any atom is 0.106 e. The van der Waals surface area contributed by atoms with Crippen LogP contribution < -0.4 is 0 Å². The van der Waals surface area contributed by atoms with Crippen LogP contribution in [-0.2, 0) is 4.74 Å². The van der Waals surface area contributed by atoms with Gasteiger partial charge in [-0.1, -0.05) is 44.2 Å². The van der Waals surface area contributed by atoms with Gasteiger partial charge in [0.25, 0.3) is 0 Å². The maximum atomic E-state index is 9.49. The summed E-state index contributed by atoms with van der Waals surface area (Å²) in [6.07, 6.45) is 4.77. The highest BCUT2D eigenvalue weighted by Crippen LogP contribution is 2.37. The van der Waals surface area contributed by atoms with Crippen LogP contribution in [0.4, 0.5) is 0 Å². The molecule has 0 aliphatic heterocycles. The van der Waals surface area contributed by atoms with E-state index in [1.807, 2.05) is 30.3 Å². The summed E-state index contributed by atoms with van der Waals surface area (Å²) in [6, 6.07) is 10.0. The van der Waals surface area contributed by atoms with Crippen molar-refractivity contribution in [1.82, 2.24) is 0 Å². The molecule has 0 aromatic heterocycles. The fraction of sp³-hybridized carbons (Fsp3) is 0.625. The molecule has 1 aromatic carbocycles. The van der Waals surface area contributed by atoms with Crippen LogP contribution >= 0.6 is 0 Å². The zero-order valence-corrected chi connectivity index (χ0v) is 11.4. The summed E-state index contributed by atoms with van der Waals surface area (Å²) < 4.78 is 6.07. The molecule has 0 heterocycles. The molecule has 1 saturated carbocycles. The minimum Gasteiger partial charge on any atom is -0.393 e. The van der Waals surface area contributed by atoms with Crippen molar-refractivity contribution in [3.8, 4) is 0 Å². The van der Waals surface area contributed by atoms with Gasteiger partial charge in [-0.25, -0.2) is 0 Å². The first kappa shape index (κ1) is 13.6. The first-order valence-corrected chi connectivity index (χ1v) is 6.92. The summed E-state index contributed by atoms with van der Waals surface area (Å²) in [4.78, 5) is 0. The fourth-order valence-electron chi connectivity index (χ4n) is 2.64. The molecule has 2 heteroatoms. The molecule has 1 aliphatic carbocycles. The van der Waals surface area contributed by atoms with E-state index in [1.54, 1.807) is 0 Å². The predicted octanol–water partition coefficient (Wildman–Crippen LogP) is 3.71. The second kappa shape index (κ2) is 5.85. The van der Waals surface area contributed by atoms with Gasteiger partial charge in [0.15, 0.2) is 0 Å². The van der Waals surface area contributed by atoms with E-state index in [0.29, 0.717) is 11.5 Å². The number of benzene rings is 1. The SMILES string of the molecule is CC1(C)CCC(OC(CO)c2ccccc2)CC1. The lowest BCUT2D eigenvalue weighted by Gasteiger charge is -2.35. The van der Waals surface area contributed by atoms with Crippen LogP contribution in [0.15, 0.2) is 30.3 Å². The Hall–Kier alpha value is -0.860. The van der Waals surface area contributed by atoms with E-state index in [0.717, 1.165) is 18.4 Å². The minimum absolute atomic E-state index is 0.0594. The molecule has 18 heavy (non-hydrogen) atoms. The number of aliphatic hydroxyl groups is 1. The Morgan fingerprint density at radius 1 is 1.22 bits per heavy atom. The molecule has 1 fully saturated rings. The first-order valence-electron chi connectivity index (χ1n) is 6.92. The predicted molar refractivity (Wildman–Crippen MR) is 73.4 cm³/mol. The molecule has 2 rings (SSSR count). The summed E-state index contributed by atoms with van der Waals surface area (Å²) in [5.41, 5.74) is 1.53. The second-order valence-electron chi connectivity index (χ2n) is 6.08. The van der Waals surface area contributed by atoms with Crippen molar-refractivity contribution in [2.24, 2.45) is 5.41 Å². The molecule has 0 bridgehead atoms. The van der Waals surface area contributed by atoms with Crippen LogP contribution in [0.1, 0.15) is 51.2 Å². The molecule has 1 N–H and O–H groups in total. The van der Waals surface area contributed by atoms with Crippen LogP contribution in [0.3, 0.4) is 0 Å². The van der Waals surface area contributed by atoms with Crippen molar-refractivity contribution < 1.29 is 9.84 Å². The fourth-order valence-corrected chi connectivity index (χ4v) is 2.64. The van der Waals surface area contributed by atoms with Crippen molar-refractivity contribution in [2.45, 2.75) is 51.7 Å². The summed E-state index contributed by atoms with van der Waals surface area (Å²) in [5.74, 6) is 0. The van der Waals surface area contributed by atoms with Gasteiger partial charge >= 0.3 is 0 Å². The molecule has 0 spiro atoms. The van der Waals surface area contributed by atoms with Gasteiger partial charge in [0.05, 0.1) is 12.7 Å². The van der Waals surface area contributed by atoms with Crippen LogP contribution in [-0.4, -0.2) is 17.8 Å². The Labute approximate surface area is 110 Å². The smallest absolute Gasteiger partial charge is 0.106 e. The van der Waals surface area contributed by atoms with Crippen molar-refractivity contribution in [3.05, 3.63) is 35.9 Å². The quantitative estimate of drug-likeness (QED) is 0.880. The summed E-state index contributed by atoms with van der Waals surface area (Å²) in [5, 5.41) is 9.49. The average Bonchev–Trinajstić information content (AvgIpc) is 2.39. The lowest BCUT2D eigenvalue weighted by Crippen LogP contribution is -2.28. The van der Waals surface area contributed by atoms with E-state index in [4.69, 9.17) is 4.74 Å². The zero-order chi connectivity index (χ0) is 13.0.